The number of amides is 1. The number of benzene rings is 2. The molecule has 244 valence electrons. The summed E-state index contributed by atoms with van der Waals surface area (Å²) in [6.07, 6.45) is 2.88. The summed E-state index contributed by atoms with van der Waals surface area (Å²) in [6, 6.07) is 15.6. The number of nitrogens with zero attached hydrogens (tertiary/aromatic N) is 1. The lowest BCUT2D eigenvalue weighted by Gasteiger charge is -2.38. The van der Waals surface area contributed by atoms with Crippen LogP contribution in [-0.2, 0) is 37.0 Å². The van der Waals surface area contributed by atoms with Crippen molar-refractivity contribution < 1.29 is 28.5 Å². The van der Waals surface area contributed by atoms with Crippen molar-refractivity contribution in [3.63, 3.8) is 0 Å². The first-order valence-corrected chi connectivity index (χ1v) is 16.3. The van der Waals surface area contributed by atoms with Crippen LogP contribution in [0, 0.1) is 0 Å². The summed E-state index contributed by atoms with van der Waals surface area (Å²) < 4.78 is 29.3. The summed E-state index contributed by atoms with van der Waals surface area (Å²) in [6.45, 7) is 14.0. The van der Waals surface area contributed by atoms with Crippen LogP contribution in [0.3, 0.4) is 0 Å². The first kappa shape index (κ1) is 34.2. The molecule has 1 amide bonds. The normalized spacial score (nSPS) is 21.3. The Morgan fingerprint density at radius 1 is 1.14 bits per heavy atom. The van der Waals surface area contributed by atoms with Gasteiger partial charge < -0.3 is 39.2 Å². The molecule has 0 spiro atoms. The fraction of sp³-hybridized carbons (Fsp3) is 0.629. The smallest absolute Gasteiger partial charge is 0.217 e. The SMILES string of the molecule is CCOC(C)COCc1ccc([C@H]2C[C@@H](C[C@H](C)NC(C)=O)NC[C@@H]2OCc2ccc3c(c2)N(CCCOC)CCO3)cc1. The Hall–Kier alpha value is -2.69. The van der Waals surface area contributed by atoms with Gasteiger partial charge in [-0.25, -0.2) is 0 Å². The van der Waals surface area contributed by atoms with Gasteiger partial charge in [0.15, 0.2) is 0 Å². The molecule has 4 rings (SSSR count). The molecule has 0 saturated carbocycles. The highest BCUT2D eigenvalue weighted by atomic mass is 16.5. The van der Waals surface area contributed by atoms with Crippen LogP contribution in [0.5, 0.6) is 5.75 Å². The van der Waals surface area contributed by atoms with E-state index in [9.17, 15) is 4.79 Å². The second-order valence-electron chi connectivity index (χ2n) is 12.1. The van der Waals surface area contributed by atoms with Crippen molar-refractivity contribution in [3.05, 3.63) is 59.2 Å². The number of carbonyl (C=O) groups is 1. The zero-order chi connectivity index (χ0) is 31.3. The number of hydrogen-bond acceptors (Lipinski definition) is 8. The first-order chi connectivity index (χ1) is 21.4. The van der Waals surface area contributed by atoms with Gasteiger partial charge in [-0.1, -0.05) is 30.3 Å². The minimum atomic E-state index is 0.00670. The van der Waals surface area contributed by atoms with Crippen LogP contribution in [0.1, 0.15) is 69.6 Å². The molecule has 5 atom stereocenters. The fourth-order valence-electron chi connectivity index (χ4n) is 6.28. The predicted octanol–water partition coefficient (Wildman–Crippen LogP) is 4.81. The van der Waals surface area contributed by atoms with Crippen molar-refractivity contribution in [2.24, 2.45) is 0 Å². The Bertz CT molecular complexity index is 1150. The molecule has 0 bridgehead atoms. The van der Waals surface area contributed by atoms with Gasteiger partial charge in [0, 0.05) is 58.3 Å². The minimum absolute atomic E-state index is 0.00670. The third kappa shape index (κ3) is 10.4. The lowest BCUT2D eigenvalue weighted by Crippen LogP contribution is -2.49. The molecule has 2 aliphatic rings. The van der Waals surface area contributed by atoms with Gasteiger partial charge in [0.1, 0.15) is 12.4 Å². The average molecular weight is 612 g/mol. The molecule has 2 aromatic carbocycles. The van der Waals surface area contributed by atoms with E-state index in [-0.39, 0.29) is 36.1 Å². The van der Waals surface area contributed by atoms with Gasteiger partial charge in [-0.15, -0.1) is 0 Å². The summed E-state index contributed by atoms with van der Waals surface area (Å²) in [7, 11) is 1.75. The van der Waals surface area contributed by atoms with E-state index in [0.717, 1.165) is 68.1 Å². The Morgan fingerprint density at radius 3 is 2.68 bits per heavy atom. The van der Waals surface area contributed by atoms with Crippen LogP contribution in [0.2, 0.25) is 0 Å². The molecule has 0 aromatic heterocycles. The zero-order valence-electron chi connectivity index (χ0n) is 27.3. The highest BCUT2D eigenvalue weighted by Gasteiger charge is 2.33. The second kappa shape index (κ2) is 17.7. The minimum Gasteiger partial charge on any atom is -0.490 e. The number of ether oxygens (including phenoxy) is 5. The number of anilines is 1. The molecule has 1 fully saturated rings. The standard InChI is InChI=1S/C35H53N3O6/c1-6-42-26(3)22-41-23-28-8-11-30(12-9-28)32-20-31(18-25(2)37-27(4)39)36-21-35(32)44-24-29-10-13-34-33(19-29)38(15-17-43-34)14-7-16-40-5/h8-13,19,25-26,31-32,35-36H,6-7,14-18,20-24H2,1-5H3,(H,37,39)/t25-,26?,31+,32+,35-/m0/s1. The highest BCUT2D eigenvalue weighted by Crippen LogP contribution is 2.35. The average Bonchev–Trinajstić information content (AvgIpc) is 3.00. The van der Waals surface area contributed by atoms with Crippen LogP contribution in [-0.4, -0.2) is 83.4 Å². The fourth-order valence-corrected chi connectivity index (χ4v) is 6.28. The Labute approximate surface area is 263 Å². The van der Waals surface area contributed by atoms with E-state index in [4.69, 9.17) is 23.7 Å². The van der Waals surface area contributed by atoms with Gasteiger partial charge in [-0.3, -0.25) is 4.79 Å². The van der Waals surface area contributed by atoms with Gasteiger partial charge >= 0.3 is 0 Å². The number of nitrogens with one attached hydrogen (secondary N) is 2. The topological polar surface area (TPSA) is 90.5 Å². The molecule has 2 aromatic rings. The van der Waals surface area contributed by atoms with E-state index in [0.29, 0.717) is 33.0 Å². The van der Waals surface area contributed by atoms with E-state index < -0.39 is 0 Å². The molecule has 2 N–H and O–H groups in total. The lowest BCUT2D eigenvalue weighted by molar-refractivity contribution is -0.119. The molecule has 0 aliphatic carbocycles. The van der Waals surface area contributed by atoms with E-state index in [1.165, 1.54) is 5.56 Å². The molecular formula is C35H53N3O6. The van der Waals surface area contributed by atoms with E-state index in [1.807, 2.05) is 13.8 Å². The Morgan fingerprint density at radius 2 is 1.93 bits per heavy atom. The van der Waals surface area contributed by atoms with E-state index in [2.05, 4.69) is 64.9 Å². The summed E-state index contributed by atoms with van der Waals surface area (Å²) in [5.74, 6) is 1.17. The van der Waals surface area contributed by atoms with Crippen molar-refractivity contribution in [1.29, 1.82) is 0 Å². The molecule has 2 heterocycles. The summed E-state index contributed by atoms with van der Waals surface area (Å²) in [4.78, 5) is 14.0. The van der Waals surface area contributed by atoms with Gasteiger partial charge in [-0.2, -0.15) is 0 Å². The molecule has 1 unspecified atom stereocenters. The Balaban J connectivity index is 1.42. The summed E-state index contributed by atoms with van der Waals surface area (Å²) >= 11 is 0. The number of piperidine rings is 1. The molecule has 0 radical (unpaired) electrons. The molecule has 9 nitrogen and oxygen atoms in total. The van der Waals surface area contributed by atoms with Crippen molar-refractivity contribution in [1.82, 2.24) is 10.6 Å². The second-order valence-corrected chi connectivity index (χ2v) is 12.1. The monoisotopic (exact) mass is 611 g/mol. The van der Waals surface area contributed by atoms with Crippen molar-refractivity contribution >= 4 is 11.6 Å². The third-order valence-electron chi connectivity index (χ3n) is 8.39. The van der Waals surface area contributed by atoms with Gasteiger partial charge in [-0.05, 0) is 68.9 Å². The van der Waals surface area contributed by atoms with Crippen LogP contribution < -0.4 is 20.3 Å². The number of rotatable bonds is 17. The van der Waals surface area contributed by atoms with Gasteiger partial charge in [0.25, 0.3) is 0 Å². The van der Waals surface area contributed by atoms with Crippen molar-refractivity contribution in [2.45, 2.75) is 90.4 Å². The highest BCUT2D eigenvalue weighted by molar-refractivity contribution is 5.73. The summed E-state index contributed by atoms with van der Waals surface area (Å²) in [5.41, 5.74) is 4.68. The molecular weight excluding hydrogens is 558 g/mol. The maximum absolute atomic E-state index is 11.6. The molecule has 9 heteroatoms. The zero-order valence-corrected chi connectivity index (χ0v) is 27.3. The number of fused-ring (bicyclic) bond motifs is 1. The molecule has 1 saturated heterocycles. The van der Waals surface area contributed by atoms with Crippen LogP contribution in [0.25, 0.3) is 0 Å². The Kier molecular flexibility index (Phi) is 13.8. The number of carbonyl (C=O) groups excluding carboxylic acids is 1. The quantitative estimate of drug-likeness (QED) is 0.247. The van der Waals surface area contributed by atoms with Gasteiger partial charge in [0.05, 0.1) is 44.3 Å². The molecule has 2 aliphatic heterocycles. The van der Waals surface area contributed by atoms with Crippen molar-refractivity contribution in [2.75, 3.05) is 58.1 Å². The largest absolute Gasteiger partial charge is 0.490 e. The van der Waals surface area contributed by atoms with Gasteiger partial charge in [0.2, 0.25) is 5.91 Å². The molecule has 44 heavy (non-hydrogen) atoms. The maximum Gasteiger partial charge on any atom is 0.217 e. The predicted molar refractivity (Wildman–Crippen MR) is 173 cm³/mol. The summed E-state index contributed by atoms with van der Waals surface area (Å²) in [5, 5.41) is 6.74. The lowest BCUT2D eigenvalue weighted by atomic mass is 9.82. The number of hydrogen-bond donors (Lipinski definition) is 2. The van der Waals surface area contributed by atoms with Crippen LogP contribution in [0.15, 0.2) is 42.5 Å². The maximum atomic E-state index is 11.6. The first-order valence-electron chi connectivity index (χ1n) is 16.3. The third-order valence-corrected chi connectivity index (χ3v) is 8.39. The van der Waals surface area contributed by atoms with Crippen molar-refractivity contribution in [3.8, 4) is 5.75 Å². The van der Waals surface area contributed by atoms with E-state index >= 15 is 0 Å². The number of methoxy groups -OCH3 is 1. The van der Waals surface area contributed by atoms with Crippen LogP contribution >= 0.6 is 0 Å². The van der Waals surface area contributed by atoms with E-state index in [1.54, 1.807) is 14.0 Å². The van der Waals surface area contributed by atoms with Crippen LogP contribution in [0.4, 0.5) is 5.69 Å².